The van der Waals surface area contributed by atoms with E-state index in [0.29, 0.717) is 6.54 Å². The molecule has 0 aliphatic heterocycles. The van der Waals surface area contributed by atoms with Gasteiger partial charge in [-0.15, -0.1) is 0 Å². The molecule has 0 atom stereocenters. The van der Waals surface area contributed by atoms with Gasteiger partial charge in [0, 0.05) is 23.5 Å². The van der Waals surface area contributed by atoms with Crippen LogP contribution in [0.5, 0.6) is 0 Å². The zero-order chi connectivity index (χ0) is 15.5. The first-order valence-electron chi connectivity index (χ1n) is 7.24. The summed E-state index contributed by atoms with van der Waals surface area (Å²) in [6, 6.07) is 14.6. The molecule has 0 radical (unpaired) electrons. The van der Waals surface area contributed by atoms with Crippen molar-refractivity contribution in [2.24, 2.45) is 0 Å². The van der Waals surface area contributed by atoms with Crippen molar-refractivity contribution >= 4 is 5.69 Å². The number of rotatable bonds is 4. The first kappa shape index (κ1) is 14.3. The quantitative estimate of drug-likeness (QED) is 0.747. The molecule has 0 saturated heterocycles. The van der Waals surface area contributed by atoms with Gasteiger partial charge in [0.15, 0.2) is 0 Å². The van der Waals surface area contributed by atoms with Crippen LogP contribution in [0, 0.1) is 19.7 Å². The smallest absolute Gasteiger partial charge is 0.137 e. The van der Waals surface area contributed by atoms with Gasteiger partial charge >= 0.3 is 0 Å². The number of hydrogen-bond donors (Lipinski definition) is 2. The Morgan fingerprint density at radius 1 is 1.00 bits per heavy atom. The Kier molecular flexibility index (Phi) is 3.92. The topological polar surface area (TPSA) is 40.7 Å². The summed E-state index contributed by atoms with van der Waals surface area (Å²) in [5.74, 6) is 0.678. The van der Waals surface area contributed by atoms with Gasteiger partial charge in [-0.25, -0.2) is 9.37 Å². The van der Waals surface area contributed by atoms with E-state index in [-0.39, 0.29) is 5.82 Å². The van der Waals surface area contributed by atoms with Crippen LogP contribution >= 0.6 is 0 Å². The van der Waals surface area contributed by atoms with Crippen molar-refractivity contribution in [3.63, 3.8) is 0 Å². The van der Waals surface area contributed by atoms with E-state index in [0.717, 1.165) is 34.0 Å². The van der Waals surface area contributed by atoms with Crippen LogP contribution in [0.3, 0.4) is 0 Å². The van der Waals surface area contributed by atoms with E-state index in [1.165, 1.54) is 12.1 Å². The molecule has 3 aromatic rings. The minimum absolute atomic E-state index is 0.211. The lowest BCUT2D eigenvalue weighted by atomic mass is 10.2. The molecule has 22 heavy (non-hydrogen) atoms. The molecule has 0 spiro atoms. The Labute approximate surface area is 129 Å². The van der Waals surface area contributed by atoms with Crippen molar-refractivity contribution in [3.8, 4) is 11.4 Å². The Morgan fingerprint density at radius 2 is 1.68 bits per heavy atom. The highest BCUT2D eigenvalue weighted by atomic mass is 19.1. The lowest BCUT2D eigenvalue weighted by Crippen LogP contribution is -1.99. The maximum atomic E-state index is 12.9. The summed E-state index contributed by atoms with van der Waals surface area (Å²) < 4.78 is 12.9. The molecule has 3 nitrogen and oxygen atoms in total. The van der Waals surface area contributed by atoms with Gasteiger partial charge in [0.2, 0.25) is 0 Å². The fraction of sp³-hybridized carbons (Fsp3) is 0.167. The van der Waals surface area contributed by atoms with E-state index in [2.05, 4.69) is 15.3 Å². The van der Waals surface area contributed by atoms with Gasteiger partial charge in [-0.1, -0.05) is 12.1 Å². The zero-order valence-corrected chi connectivity index (χ0v) is 12.7. The van der Waals surface area contributed by atoms with E-state index in [9.17, 15) is 4.39 Å². The van der Waals surface area contributed by atoms with Crippen molar-refractivity contribution in [1.82, 2.24) is 9.97 Å². The van der Waals surface area contributed by atoms with Crippen LogP contribution in [-0.4, -0.2) is 9.97 Å². The van der Waals surface area contributed by atoms with Gasteiger partial charge in [0.05, 0.1) is 5.69 Å². The molecule has 2 aromatic carbocycles. The average Bonchev–Trinajstić information content (AvgIpc) is 2.87. The third-order valence-corrected chi connectivity index (χ3v) is 3.70. The molecule has 0 fully saturated rings. The molecule has 0 aliphatic carbocycles. The number of halogens is 1. The van der Waals surface area contributed by atoms with Gasteiger partial charge in [0.1, 0.15) is 11.6 Å². The standard InChI is InChI=1S/C18H18FN3/c1-12-13(2)22-18(21-12)15-5-9-17(10-6-15)20-11-14-3-7-16(19)8-4-14/h3-10,20H,11H2,1-2H3,(H,21,22). The van der Waals surface area contributed by atoms with E-state index in [1.807, 2.05) is 38.1 Å². The van der Waals surface area contributed by atoms with Crippen LogP contribution in [0.25, 0.3) is 11.4 Å². The molecule has 4 heteroatoms. The average molecular weight is 295 g/mol. The number of imidazole rings is 1. The number of aryl methyl sites for hydroxylation is 2. The molecule has 2 N–H and O–H groups in total. The number of aromatic nitrogens is 2. The highest BCUT2D eigenvalue weighted by Crippen LogP contribution is 2.20. The lowest BCUT2D eigenvalue weighted by Gasteiger charge is -2.07. The van der Waals surface area contributed by atoms with Crippen LogP contribution in [0.4, 0.5) is 10.1 Å². The summed E-state index contributed by atoms with van der Waals surface area (Å²) in [6.45, 7) is 4.68. The fourth-order valence-electron chi connectivity index (χ4n) is 2.24. The van der Waals surface area contributed by atoms with Crippen molar-refractivity contribution in [1.29, 1.82) is 0 Å². The maximum absolute atomic E-state index is 12.9. The zero-order valence-electron chi connectivity index (χ0n) is 12.7. The summed E-state index contributed by atoms with van der Waals surface area (Å²) in [7, 11) is 0. The van der Waals surface area contributed by atoms with E-state index < -0.39 is 0 Å². The highest BCUT2D eigenvalue weighted by molar-refractivity contribution is 5.60. The molecule has 0 unspecified atom stereocenters. The molecule has 0 aliphatic rings. The lowest BCUT2D eigenvalue weighted by molar-refractivity contribution is 0.627. The number of aromatic amines is 1. The summed E-state index contributed by atoms with van der Waals surface area (Å²) in [5, 5.41) is 3.32. The number of hydrogen-bond acceptors (Lipinski definition) is 2. The minimum atomic E-state index is -0.211. The predicted molar refractivity (Wildman–Crippen MR) is 87.2 cm³/mol. The molecular formula is C18H18FN3. The SMILES string of the molecule is Cc1nc(-c2ccc(NCc3ccc(F)cc3)cc2)[nH]c1C. The van der Waals surface area contributed by atoms with Gasteiger partial charge in [-0.05, 0) is 55.8 Å². The summed E-state index contributed by atoms with van der Waals surface area (Å²) in [6.07, 6.45) is 0. The fourth-order valence-corrected chi connectivity index (χ4v) is 2.24. The normalized spacial score (nSPS) is 10.7. The molecule has 1 aromatic heterocycles. The first-order chi connectivity index (χ1) is 10.6. The Hall–Kier alpha value is -2.62. The third kappa shape index (κ3) is 3.17. The maximum Gasteiger partial charge on any atom is 0.137 e. The minimum Gasteiger partial charge on any atom is -0.381 e. The monoisotopic (exact) mass is 295 g/mol. The molecule has 0 saturated carbocycles. The number of H-pyrrole nitrogens is 1. The first-order valence-corrected chi connectivity index (χ1v) is 7.24. The van der Waals surface area contributed by atoms with Crippen molar-refractivity contribution in [2.75, 3.05) is 5.32 Å². The molecule has 1 heterocycles. The molecular weight excluding hydrogens is 277 g/mol. The van der Waals surface area contributed by atoms with Crippen molar-refractivity contribution in [3.05, 3.63) is 71.3 Å². The third-order valence-electron chi connectivity index (χ3n) is 3.70. The second kappa shape index (κ2) is 6.02. The largest absolute Gasteiger partial charge is 0.381 e. The van der Waals surface area contributed by atoms with Gasteiger partial charge in [-0.2, -0.15) is 0 Å². The van der Waals surface area contributed by atoms with E-state index in [4.69, 9.17) is 0 Å². The Morgan fingerprint density at radius 3 is 2.27 bits per heavy atom. The number of nitrogens with one attached hydrogen (secondary N) is 2. The van der Waals surface area contributed by atoms with E-state index >= 15 is 0 Å². The summed E-state index contributed by atoms with van der Waals surface area (Å²) in [5.41, 5.74) is 5.24. The van der Waals surface area contributed by atoms with Crippen molar-refractivity contribution in [2.45, 2.75) is 20.4 Å². The van der Waals surface area contributed by atoms with Crippen LogP contribution in [0.15, 0.2) is 48.5 Å². The van der Waals surface area contributed by atoms with Crippen LogP contribution in [0.1, 0.15) is 17.0 Å². The second-order valence-electron chi connectivity index (χ2n) is 5.35. The van der Waals surface area contributed by atoms with Crippen molar-refractivity contribution < 1.29 is 4.39 Å². The predicted octanol–water partition coefficient (Wildman–Crippen LogP) is 4.44. The van der Waals surface area contributed by atoms with Crippen LogP contribution in [0.2, 0.25) is 0 Å². The summed E-state index contributed by atoms with van der Waals surface area (Å²) >= 11 is 0. The molecule has 112 valence electrons. The van der Waals surface area contributed by atoms with Gasteiger partial charge in [-0.3, -0.25) is 0 Å². The number of anilines is 1. The van der Waals surface area contributed by atoms with Crippen LogP contribution < -0.4 is 5.32 Å². The Balaban J connectivity index is 1.67. The molecule has 3 rings (SSSR count). The molecule has 0 amide bonds. The van der Waals surface area contributed by atoms with Gasteiger partial charge in [0.25, 0.3) is 0 Å². The van der Waals surface area contributed by atoms with E-state index in [1.54, 1.807) is 12.1 Å². The second-order valence-corrected chi connectivity index (χ2v) is 5.35. The summed E-state index contributed by atoms with van der Waals surface area (Å²) in [4.78, 5) is 7.78. The molecule has 0 bridgehead atoms. The Bertz CT molecular complexity index is 739. The van der Waals surface area contributed by atoms with Crippen LogP contribution in [-0.2, 0) is 6.54 Å². The number of nitrogens with zero attached hydrogens (tertiary/aromatic N) is 1. The van der Waals surface area contributed by atoms with Gasteiger partial charge < -0.3 is 10.3 Å². The number of benzene rings is 2. The highest BCUT2D eigenvalue weighted by Gasteiger charge is 2.05.